The van der Waals surface area contributed by atoms with Crippen LogP contribution in [0.1, 0.15) is 52.9 Å². The maximum absolute atomic E-state index is 12.7. The first-order chi connectivity index (χ1) is 10.3. The highest BCUT2D eigenvalue weighted by molar-refractivity contribution is 5.88. The standard InChI is InChI=1S/C17H32N2O3.ClH/c1-5-22-13-11-17(18,15(13,2)3)14(20)19-12-16(7-6-8-16)9-10-21-4;/h13H,5-12,18H2,1-4H3,(H,19,20);1H. The Bertz CT molecular complexity index is 413. The monoisotopic (exact) mass is 348 g/mol. The fourth-order valence-corrected chi connectivity index (χ4v) is 3.76. The number of amides is 1. The zero-order valence-corrected chi connectivity index (χ0v) is 15.8. The summed E-state index contributed by atoms with van der Waals surface area (Å²) in [5.41, 5.74) is 5.49. The van der Waals surface area contributed by atoms with Crippen LogP contribution in [0.15, 0.2) is 0 Å². The van der Waals surface area contributed by atoms with E-state index in [1.165, 1.54) is 19.3 Å². The molecule has 2 unspecified atom stereocenters. The number of ether oxygens (including phenoxy) is 2. The van der Waals surface area contributed by atoms with Crippen LogP contribution in [-0.2, 0) is 14.3 Å². The highest BCUT2D eigenvalue weighted by Gasteiger charge is 2.63. The van der Waals surface area contributed by atoms with Crippen LogP contribution in [0, 0.1) is 10.8 Å². The SMILES string of the molecule is CCOC1CC(N)(C(=O)NCC2(CCOC)CCC2)C1(C)C.Cl. The second kappa shape index (κ2) is 7.68. The highest BCUT2D eigenvalue weighted by atomic mass is 35.5. The molecule has 2 atom stereocenters. The molecule has 0 aromatic rings. The molecule has 3 N–H and O–H groups in total. The van der Waals surface area contributed by atoms with Crippen molar-refractivity contribution in [2.75, 3.05) is 26.9 Å². The van der Waals surface area contributed by atoms with E-state index in [9.17, 15) is 4.79 Å². The summed E-state index contributed by atoms with van der Waals surface area (Å²) in [4.78, 5) is 12.7. The maximum Gasteiger partial charge on any atom is 0.240 e. The zero-order chi connectivity index (χ0) is 16.4. The van der Waals surface area contributed by atoms with Crippen molar-refractivity contribution in [3.05, 3.63) is 0 Å². The summed E-state index contributed by atoms with van der Waals surface area (Å²) < 4.78 is 10.9. The molecule has 2 saturated carbocycles. The van der Waals surface area contributed by atoms with Crippen LogP contribution >= 0.6 is 12.4 Å². The number of nitrogens with one attached hydrogen (secondary N) is 1. The van der Waals surface area contributed by atoms with Gasteiger partial charge in [0, 0.05) is 38.7 Å². The average Bonchev–Trinajstić information content (AvgIpc) is 2.45. The second-order valence-electron chi connectivity index (χ2n) is 7.62. The molecule has 0 heterocycles. The van der Waals surface area contributed by atoms with Crippen molar-refractivity contribution in [3.8, 4) is 0 Å². The maximum atomic E-state index is 12.7. The van der Waals surface area contributed by atoms with Crippen molar-refractivity contribution >= 4 is 18.3 Å². The minimum Gasteiger partial charge on any atom is -0.385 e. The first-order valence-electron chi connectivity index (χ1n) is 8.49. The van der Waals surface area contributed by atoms with E-state index in [1.807, 2.05) is 20.8 Å². The normalized spacial score (nSPS) is 30.6. The van der Waals surface area contributed by atoms with E-state index in [0.29, 0.717) is 19.6 Å². The predicted molar refractivity (Wildman–Crippen MR) is 93.8 cm³/mol. The molecule has 2 rings (SSSR count). The van der Waals surface area contributed by atoms with Crippen LogP contribution in [-0.4, -0.2) is 44.4 Å². The lowest BCUT2D eigenvalue weighted by Crippen LogP contribution is -2.76. The van der Waals surface area contributed by atoms with Crippen molar-refractivity contribution in [2.45, 2.75) is 64.5 Å². The molecule has 0 spiro atoms. The number of halogens is 1. The number of carbonyl (C=O) groups is 1. The van der Waals surface area contributed by atoms with E-state index in [0.717, 1.165) is 13.0 Å². The van der Waals surface area contributed by atoms with Gasteiger partial charge in [-0.25, -0.2) is 0 Å². The lowest BCUT2D eigenvalue weighted by atomic mass is 9.54. The van der Waals surface area contributed by atoms with E-state index < -0.39 is 5.54 Å². The van der Waals surface area contributed by atoms with Gasteiger partial charge < -0.3 is 20.5 Å². The summed E-state index contributed by atoms with van der Waals surface area (Å²) in [6.07, 6.45) is 5.25. The molecule has 0 aromatic carbocycles. The molecule has 23 heavy (non-hydrogen) atoms. The quantitative estimate of drug-likeness (QED) is 0.705. The van der Waals surface area contributed by atoms with Crippen LogP contribution in [0.3, 0.4) is 0 Å². The zero-order valence-electron chi connectivity index (χ0n) is 14.9. The van der Waals surface area contributed by atoms with Gasteiger partial charge in [0.05, 0.1) is 6.10 Å². The summed E-state index contributed by atoms with van der Waals surface area (Å²) in [5.74, 6) is -0.0304. The fraction of sp³-hybridized carbons (Fsp3) is 0.941. The second-order valence-corrected chi connectivity index (χ2v) is 7.62. The van der Waals surface area contributed by atoms with Gasteiger partial charge in [-0.1, -0.05) is 20.3 Å². The molecule has 2 aliphatic carbocycles. The third-order valence-corrected chi connectivity index (χ3v) is 6.11. The minimum atomic E-state index is -0.820. The van der Waals surface area contributed by atoms with Crippen LogP contribution in [0.2, 0.25) is 0 Å². The van der Waals surface area contributed by atoms with E-state index in [4.69, 9.17) is 15.2 Å². The van der Waals surface area contributed by atoms with Crippen molar-refractivity contribution in [3.63, 3.8) is 0 Å². The van der Waals surface area contributed by atoms with Gasteiger partial charge in [-0.3, -0.25) is 4.79 Å². The Morgan fingerprint density at radius 2 is 2.00 bits per heavy atom. The molecule has 0 saturated heterocycles. The molecular formula is C17H33ClN2O3. The summed E-state index contributed by atoms with van der Waals surface area (Å²) in [5, 5.41) is 3.12. The summed E-state index contributed by atoms with van der Waals surface area (Å²) in [6, 6.07) is 0. The molecule has 2 fully saturated rings. The van der Waals surface area contributed by atoms with Crippen molar-refractivity contribution in [2.24, 2.45) is 16.6 Å². The fourth-order valence-electron chi connectivity index (χ4n) is 3.76. The van der Waals surface area contributed by atoms with Crippen LogP contribution < -0.4 is 11.1 Å². The molecule has 0 aromatic heterocycles. The van der Waals surface area contributed by atoms with E-state index in [-0.39, 0.29) is 35.2 Å². The first kappa shape index (κ1) is 20.7. The molecule has 1 amide bonds. The highest BCUT2D eigenvalue weighted by Crippen LogP contribution is 2.50. The number of hydrogen-bond donors (Lipinski definition) is 2. The van der Waals surface area contributed by atoms with E-state index in [1.54, 1.807) is 7.11 Å². The molecular weight excluding hydrogens is 316 g/mol. The van der Waals surface area contributed by atoms with Crippen LogP contribution in [0.4, 0.5) is 0 Å². The van der Waals surface area contributed by atoms with Crippen molar-refractivity contribution < 1.29 is 14.3 Å². The Balaban J connectivity index is 0.00000264. The minimum absolute atomic E-state index is 0. The van der Waals surface area contributed by atoms with Gasteiger partial charge in [0.25, 0.3) is 0 Å². The molecule has 6 heteroatoms. The lowest BCUT2D eigenvalue weighted by Gasteiger charge is -2.58. The van der Waals surface area contributed by atoms with Gasteiger partial charge in [0.15, 0.2) is 0 Å². The number of methoxy groups -OCH3 is 1. The Labute approximate surface area is 146 Å². The number of hydrogen-bond acceptors (Lipinski definition) is 4. The summed E-state index contributed by atoms with van der Waals surface area (Å²) in [7, 11) is 1.73. The van der Waals surface area contributed by atoms with Crippen molar-refractivity contribution in [1.29, 1.82) is 0 Å². The molecule has 136 valence electrons. The van der Waals surface area contributed by atoms with Gasteiger partial charge in [-0.15, -0.1) is 12.4 Å². The number of rotatable bonds is 8. The van der Waals surface area contributed by atoms with Gasteiger partial charge >= 0.3 is 0 Å². The van der Waals surface area contributed by atoms with Crippen LogP contribution in [0.5, 0.6) is 0 Å². The van der Waals surface area contributed by atoms with E-state index in [2.05, 4.69) is 5.32 Å². The Morgan fingerprint density at radius 1 is 1.35 bits per heavy atom. The number of nitrogens with two attached hydrogens (primary N) is 1. The van der Waals surface area contributed by atoms with Gasteiger partial charge in [0.2, 0.25) is 5.91 Å². The summed E-state index contributed by atoms with van der Waals surface area (Å²) in [6.45, 7) is 8.15. The van der Waals surface area contributed by atoms with Crippen LogP contribution in [0.25, 0.3) is 0 Å². The van der Waals surface area contributed by atoms with E-state index >= 15 is 0 Å². The largest absolute Gasteiger partial charge is 0.385 e. The topological polar surface area (TPSA) is 73.6 Å². The van der Waals surface area contributed by atoms with Crippen molar-refractivity contribution in [1.82, 2.24) is 5.32 Å². The molecule has 0 aliphatic heterocycles. The smallest absolute Gasteiger partial charge is 0.240 e. The Morgan fingerprint density at radius 3 is 2.43 bits per heavy atom. The molecule has 2 aliphatic rings. The summed E-state index contributed by atoms with van der Waals surface area (Å²) >= 11 is 0. The Hall–Kier alpha value is -0.360. The third-order valence-electron chi connectivity index (χ3n) is 6.11. The average molecular weight is 349 g/mol. The van der Waals surface area contributed by atoms with Gasteiger partial charge in [-0.05, 0) is 31.6 Å². The van der Waals surface area contributed by atoms with Gasteiger partial charge in [-0.2, -0.15) is 0 Å². The Kier molecular flexibility index (Phi) is 6.91. The number of carbonyl (C=O) groups excluding carboxylic acids is 1. The molecule has 0 radical (unpaired) electrons. The first-order valence-corrected chi connectivity index (χ1v) is 8.49. The lowest BCUT2D eigenvalue weighted by molar-refractivity contribution is -0.171. The molecule has 5 nitrogen and oxygen atoms in total. The molecule has 0 bridgehead atoms. The van der Waals surface area contributed by atoms with Gasteiger partial charge in [0.1, 0.15) is 5.54 Å². The predicted octanol–water partition coefficient (Wildman–Crippen LogP) is 2.26. The third kappa shape index (κ3) is 3.68.